The topological polar surface area (TPSA) is 12.0 Å². The fourth-order valence-corrected chi connectivity index (χ4v) is 3.28. The summed E-state index contributed by atoms with van der Waals surface area (Å²) in [6, 6.07) is 11.9. The molecule has 2 aromatic rings. The molecule has 1 unspecified atom stereocenters. The third-order valence-corrected chi connectivity index (χ3v) is 4.67. The van der Waals surface area contributed by atoms with Crippen molar-refractivity contribution in [1.29, 1.82) is 0 Å². The molecule has 3 rings (SSSR count). The zero-order valence-electron chi connectivity index (χ0n) is 12.1. The van der Waals surface area contributed by atoms with Gasteiger partial charge in [0.05, 0.1) is 5.69 Å². The molecule has 1 N–H and O–H groups in total. The molecule has 1 aliphatic carbocycles. The van der Waals surface area contributed by atoms with Crippen LogP contribution in [0, 0.1) is 5.82 Å². The Morgan fingerprint density at radius 2 is 1.81 bits per heavy atom. The predicted molar refractivity (Wildman–Crippen MR) is 89.2 cm³/mol. The van der Waals surface area contributed by atoms with Gasteiger partial charge in [-0.05, 0) is 67.5 Å². The number of halogens is 2. The third kappa shape index (κ3) is 3.29. The van der Waals surface area contributed by atoms with E-state index in [1.54, 1.807) is 6.07 Å². The van der Waals surface area contributed by atoms with Crippen LogP contribution in [0.2, 0.25) is 0 Å². The Hall–Kier alpha value is -1.35. The SMILES string of the molecule is CC(Nc1ccc(Br)cc1F)c1ccc2c(c1)CCCC2. The average Bonchev–Trinajstić information content (AvgIpc) is 2.49. The van der Waals surface area contributed by atoms with E-state index in [1.165, 1.54) is 48.4 Å². The Labute approximate surface area is 133 Å². The van der Waals surface area contributed by atoms with Crippen LogP contribution in [0.3, 0.4) is 0 Å². The number of anilines is 1. The summed E-state index contributed by atoms with van der Waals surface area (Å²) < 4.78 is 14.7. The van der Waals surface area contributed by atoms with Crippen molar-refractivity contribution in [3.05, 3.63) is 63.4 Å². The van der Waals surface area contributed by atoms with Gasteiger partial charge >= 0.3 is 0 Å². The minimum absolute atomic E-state index is 0.0907. The standard InChI is InChI=1S/C18H19BrFN/c1-12(21-18-9-8-16(19)11-17(18)20)14-7-6-13-4-2-3-5-15(13)10-14/h6-12,21H,2-5H2,1H3. The van der Waals surface area contributed by atoms with Crippen LogP contribution in [0.15, 0.2) is 40.9 Å². The molecule has 0 aliphatic heterocycles. The van der Waals surface area contributed by atoms with E-state index in [0.717, 1.165) is 4.47 Å². The van der Waals surface area contributed by atoms with E-state index in [4.69, 9.17) is 0 Å². The summed E-state index contributed by atoms with van der Waals surface area (Å²) in [5.74, 6) is -0.228. The largest absolute Gasteiger partial charge is 0.376 e. The van der Waals surface area contributed by atoms with Crippen LogP contribution in [-0.2, 0) is 12.8 Å². The normalized spacial score (nSPS) is 15.4. The van der Waals surface area contributed by atoms with Gasteiger partial charge in [-0.15, -0.1) is 0 Å². The van der Waals surface area contributed by atoms with E-state index in [1.807, 2.05) is 6.07 Å². The number of benzene rings is 2. The van der Waals surface area contributed by atoms with E-state index in [0.29, 0.717) is 5.69 Å². The first kappa shape index (κ1) is 14.6. The van der Waals surface area contributed by atoms with E-state index in [-0.39, 0.29) is 11.9 Å². The van der Waals surface area contributed by atoms with Crippen LogP contribution in [0.4, 0.5) is 10.1 Å². The fraction of sp³-hybridized carbons (Fsp3) is 0.333. The molecule has 1 aliphatic rings. The fourth-order valence-electron chi connectivity index (χ4n) is 2.95. The van der Waals surface area contributed by atoms with Gasteiger partial charge in [0.15, 0.2) is 0 Å². The van der Waals surface area contributed by atoms with Gasteiger partial charge in [0, 0.05) is 10.5 Å². The van der Waals surface area contributed by atoms with Crippen molar-refractivity contribution in [3.63, 3.8) is 0 Å². The summed E-state index contributed by atoms with van der Waals surface area (Å²) in [6.45, 7) is 2.08. The van der Waals surface area contributed by atoms with Crippen molar-refractivity contribution in [2.75, 3.05) is 5.32 Å². The summed E-state index contributed by atoms with van der Waals surface area (Å²) in [7, 11) is 0. The van der Waals surface area contributed by atoms with Crippen LogP contribution >= 0.6 is 15.9 Å². The minimum Gasteiger partial charge on any atom is -0.376 e. The summed E-state index contributed by atoms with van der Waals surface area (Å²) in [6.07, 6.45) is 4.94. The number of rotatable bonds is 3. The van der Waals surface area contributed by atoms with Crippen LogP contribution in [0.25, 0.3) is 0 Å². The zero-order valence-corrected chi connectivity index (χ0v) is 13.7. The van der Waals surface area contributed by atoms with Crippen molar-refractivity contribution >= 4 is 21.6 Å². The molecule has 3 heteroatoms. The van der Waals surface area contributed by atoms with Gasteiger partial charge in [0.1, 0.15) is 5.82 Å². The van der Waals surface area contributed by atoms with Crippen LogP contribution in [0.1, 0.15) is 42.5 Å². The molecule has 0 saturated heterocycles. The highest BCUT2D eigenvalue weighted by Gasteiger charge is 2.13. The van der Waals surface area contributed by atoms with Crippen molar-refractivity contribution in [3.8, 4) is 0 Å². The van der Waals surface area contributed by atoms with E-state index in [2.05, 4.69) is 46.4 Å². The Bertz CT molecular complexity index is 654. The molecule has 0 fully saturated rings. The number of aryl methyl sites for hydroxylation is 2. The smallest absolute Gasteiger partial charge is 0.147 e. The summed E-state index contributed by atoms with van der Waals surface area (Å²) in [4.78, 5) is 0. The Morgan fingerprint density at radius 1 is 1.05 bits per heavy atom. The number of hydrogen-bond donors (Lipinski definition) is 1. The number of fused-ring (bicyclic) bond motifs is 1. The molecule has 0 heterocycles. The highest BCUT2D eigenvalue weighted by Crippen LogP contribution is 2.28. The maximum Gasteiger partial charge on any atom is 0.147 e. The average molecular weight is 348 g/mol. The second kappa shape index (κ2) is 6.18. The van der Waals surface area contributed by atoms with Gasteiger partial charge in [0.2, 0.25) is 0 Å². The monoisotopic (exact) mass is 347 g/mol. The molecule has 0 aromatic heterocycles. The number of hydrogen-bond acceptors (Lipinski definition) is 1. The Morgan fingerprint density at radius 3 is 2.57 bits per heavy atom. The molecule has 110 valence electrons. The first-order valence-corrected chi connectivity index (χ1v) is 8.26. The Balaban J connectivity index is 1.80. The van der Waals surface area contributed by atoms with Crippen molar-refractivity contribution in [2.45, 2.75) is 38.6 Å². The molecule has 0 radical (unpaired) electrons. The molecule has 21 heavy (non-hydrogen) atoms. The lowest BCUT2D eigenvalue weighted by molar-refractivity contribution is 0.626. The second-order valence-corrected chi connectivity index (χ2v) is 6.64. The molecule has 0 bridgehead atoms. The lowest BCUT2D eigenvalue weighted by atomic mass is 9.89. The maximum absolute atomic E-state index is 13.9. The minimum atomic E-state index is -0.228. The maximum atomic E-state index is 13.9. The summed E-state index contributed by atoms with van der Waals surface area (Å²) in [5, 5.41) is 3.26. The zero-order chi connectivity index (χ0) is 14.8. The molecular weight excluding hydrogens is 329 g/mol. The molecule has 1 nitrogen and oxygen atoms in total. The third-order valence-electron chi connectivity index (χ3n) is 4.18. The summed E-state index contributed by atoms with van der Waals surface area (Å²) >= 11 is 3.28. The van der Waals surface area contributed by atoms with Gasteiger partial charge in [-0.2, -0.15) is 0 Å². The highest BCUT2D eigenvalue weighted by atomic mass is 79.9. The van der Waals surface area contributed by atoms with E-state index < -0.39 is 0 Å². The van der Waals surface area contributed by atoms with Crippen molar-refractivity contribution in [1.82, 2.24) is 0 Å². The molecule has 1 atom stereocenters. The molecule has 0 saturated carbocycles. The quantitative estimate of drug-likeness (QED) is 0.757. The van der Waals surface area contributed by atoms with E-state index in [9.17, 15) is 4.39 Å². The van der Waals surface area contributed by atoms with E-state index >= 15 is 0 Å². The molecular formula is C18H19BrFN. The first-order chi connectivity index (χ1) is 10.1. The summed E-state index contributed by atoms with van der Waals surface area (Å²) in [5.41, 5.74) is 4.71. The second-order valence-electron chi connectivity index (χ2n) is 5.73. The van der Waals surface area contributed by atoms with Crippen molar-refractivity contribution < 1.29 is 4.39 Å². The lowest BCUT2D eigenvalue weighted by Gasteiger charge is -2.21. The van der Waals surface area contributed by atoms with Crippen LogP contribution < -0.4 is 5.32 Å². The first-order valence-electron chi connectivity index (χ1n) is 7.47. The number of nitrogens with one attached hydrogen (secondary N) is 1. The Kier molecular flexibility index (Phi) is 4.29. The molecule has 0 amide bonds. The van der Waals surface area contributed by atoms with Crippen LogP contribution in [-0.4, -0.2) is 0 Å². The van der Waals surface area contributed by atoms with Gasteiger partial charge in [-0.25, -0.2) is 4.39 Å². The molecule has 2 aromatic carbocycles. The van der Waals surface area contributed by atoms with Gasteiger partial charge < -0.3 is 5.32 Å². The molecule has 0 spiro atoms. The van der Waals surface area contributed by atoms with Gasteiger partial charge in [-0.1, -0.05) is 34.1 Å². The van der Waals surface area contributed by atoms with Crippen LogP contribution in [0.5, 0.6) is 0 Å². The van der Waals surface area contributed by atoms with Gasteiger partial charge in [-0.3, -0.25) is 0 Å². The lowest BCUT2D eigenvalue weighted by Crippen LogP contribution is -2.10. The highest BCUT2D eigenvalue weighted by molar-refractivity contribution is 9.10. The van der Waals surface area contributed by atoms with Crippen molar-refractivity contribution in [2.24, 2.45) is 0 Å². The predicted octanol–water partition coefficient (Wildman–Crippen LogP) is 5.64. The van der Waals surface area contributed by atoms with Gasteiger partial charge in [0.25, 0.3) is 0 Å².